The van der Waals surface area contributed by atoms with Crippen molar-refractivity contribution in [2.75, 3.05) is 0 Å². The Balaban J connectivity index is 2.64. The highest BCUT2D eigenvalue weighted by atomic mass is 19.3. The Morgan fingerprint density at radius 2 is 2.33 bits per heavy atom. The van der Waals surface area contributed by atoms with Crippen molar-refractivity contribution < 1.29 is 8.78 Å². The van der Waals surface area contributed by atoms with Crippen LogP contribution in [0, 0.1) is 6.20 Å². The van der Waals surface area contributed by atoms with Crippen molar-refractivity contribution in [2.45, 2.75) is 13.3 Å². The largest absolute Gasteiger partial charge is 0.266 e. The zero-order valence-corrected chi connectivity index (χ0v) is 4.86. The minimum absolute atomic E-state index is 0.118. The van der Waals surface area contributed by atoms with Gasteiger partial charge in [-0.15, -0.1) is 0 Å². The average Bonchev–Trinajstić information content (AvgIpc) is 2.14. The van der Waals surface area contributed by atoms with Gasteiger partial charge in [0.1, 0.15) is 0 Å². The molecule has 1 aliphatic rings. The highest BCUT2D eigenvalue weighted by Crippen LogP contribution is 2.15. The number of hydrogen-bond acceptors (Lipinski definition) is 0. The summed E-state index contributed by atoms with van der Waals surface area (Å²) >= 11 is 0. The summed E-state index contributed by atoms with van der Waals surface area (Å²) in [6.07, 6.45) is 1.09. The Morgan fingerprint density at radius 1 is 1.67 bits per heavy atom. The molecular formula is C6H5F2N. The van der Waals surface area contributed by atoms with E-state index < -0.39 is 6.43 Å². The maximum Gasteiger partial charge on any atom is 0.266 e. The lowest BCUT2D eigenvalue weighted by Crippen LogP contribution is -1.91. The number of nitrogens with zero attached hydrogens (tertiary/aromatic N) is 1. The summed E-state index contributed by atoms with van der Waals surface area (Å²) in [4.78, 5) is 0. The second-order valence-corrected chi connectivity index (χ2v) is 1.77. The summed E-state index contributed by atoms with van der Waals surface area (Å²) < 4.78 is 23.4. The first-order chi connectivity index (χ1) is 4.20. The van der Waals surface area contributed by atoms with Crippen LogP contribution in [-0.2, 0) is 0 Å². The molecule has 1 aliphatic heterocycles. The molecule has 0 bridgehead atoms. The third kappa shape index (κ3) is 1.28. The number of allylic oxidation sites excluding steroid dienone is 3. The maximum atomic E-state index is 11.7. The molecule has 48 valence electrons. The zero-order chi connectivity index (χ0) is 6.85. The number of hydrogen-bond donors (Lipinski definition) is 0. The van der Waals surface area contributed by atoms with E-state index in [1.165, 1.54) is 6.08 Å². The van der Waals surface area contributed by atoms with Crippen LogP contribution in [0.25, 0.3) is 0 Å². The van der Waals surface area contributed by atoms with E-state index in [1.807, 2.05) is 0 Å². The third-order valence-corrected chi connectivity index (χ3v) is 0.961. The van der Waals surface area contributed by atoms with Gasteiger partial charge in [-0.2, -0.15) is 0 Å². The van der Waals surface area contributed by atoms with E-state index in [0.717, 1.165) is 0 Å². The minimum atomic E-state index is -2.44. The Morgan fingerprint density at radius 3 is 2.56 bits per heavy atom. The van der Waals surface area contributed by atoms with E-state index in [9.17, 15) is 8.78 Å². The van der Waals surface area contributed by atoms with Crippen molar-refractivity contribution in [3.05, 3.63) is 23.5 Å². The highest BCUT2D eigenvalue weighted by Gasteiger charge is 2.13. The van der Waals surface area contributed by atoms with Crippen molar-refractivity contribution in [1.82, 2.24) is 5.32 Å². The number of alkyl halides is 2. The fourth-order valence-corrected chi connectivity index (χ4v) is 0.554. The SMILES string of the molecule is CC1=CC(C(F)F)=[C][N]1. The van der Waals surface area contributed by atoms with Gasteiger partial charge in [0, 0.05) is 11.3 Å². The summed E-state index contributed by atoms with van der Waals surface area (Å²) in [5.74, 6) is 0. The van der Waals surface area contributed by atoms with Crippen LogP contribution in [0.2, 0.25) is 0 Å². The van der Waals surface area contributed by atoms with Gasteiger partial charge < -0.3 is 0 Å². The first-order valence-corrected chi connectivity index (χ1v) is 2.50. The molecule has 0 N–H and O–H groups in total. The van der Waals surface area contributed by atoms with Gasteiger partial charge >= 0.3 is 0 Å². The monoisotopic (exact) mass is 129 g/mol. The normalized spacial score (nSPS) is 17.3. The molecule has 2 radical (unpaired) electrons. The Bertz CT molecular complexity index is 170. The summed E-state index contributed by atoms with van der Waals surface area (Å²) in [5.41, 5.74) is 0.470. The van der Waals surface area contributed by atoms with Crippen LogP contribution in [0.5, 0.6) is 0 Å². The molecule has 0 saturated heterocycles. The fourth-order valence-electron chi connectivity index (χ4n) is 0.554. The van der Waals surface area contributed by atoms with E-state index in [2.05, 4.69) is 11.5 Å². The van der Waals surface area contributed by atoms with Gasteiger partial charge in [-0.3, -0.25) is 5.32 Å². The maximum absolute atomic E-state index is 11.7. The second-order valence-electron chi connectivity index (χ2n) is 1.77. The van der Waals surface area contributed by atoms with E-state index in [0.29, 0.717) is 5.70 Å². The molecule has 0 atom stereocenters. The van der Waals surface area contributed by atoms with Crippen molar-refractivity contribution in [3.8, 4) is 0 Å². The number of halogens is 2. The lowest BCUT2D eigenvalue weighted by molar-refractivity contribution is 0.193. The van der Waals surface area contributed by atoms with Gasteiger partial charge in [-0.1, -0.05) is 0 Å². The Hall–Kier alpha value is -0.860. The van der Waals surface area contributed by atoms with Crippen LogP contribution in [0.15, 0.2) is 17.3 Å². The molecule has 0 aromatic carbocycles. The Labute approximate surface area is 52.1 Å². The van der Waals surface area contributed by atoms with E-state index >= 15 is 0 Å². The van der Waals surface area contributed by atoms with Crippen LogP contribution in [0.3, 0.4) is 0 Å². The van der Waals surface area contributed by atoms with Crippen LogP contribution in [0.1, 0.15) is 6.92 Å². The van der Waals surface area contributed by atoms with Gasteiger partial charge in [-0.25, -0.2) is 8.78 Å². The molecule has 0 aromatic rings. The molecule has 0 saturated carbocycles. The summed E-state index contributed by atoms with van der Waals surface area (Å²) in [5, 5.41) is 3.53. The molecule has 3 heteroatoms. The first-order valence-electron chi connectivity index (χ1n) is 2.50. The predicted molar refractivity (Wildman–Crippen MR) is 28.7 cm³/mol. The molecule has 0 amide bonds. The van der Waals surface area contributed by atoms with Gasteiger partial charge in [0.25, 0.3) is 6.43 Å². The van der Waals surface area contributed by atoms with Gasteiger partial charge in [0.15, 0.2) is 0 Å². The topological polar surface area (TPSA) is 14.1 Å². The molecule has 1 rings (SSSR count). The molecule has 0 fully saturated rings. The average molecular weight is 129 g/mol. The van der Waals surface area contributed by atoms with Crippen LogP contribution < -0.4 is 5.32 Å². The Kier molecular flexibility index (Phi) is 1.51. The lowest BCUT2D eigenvalue weighted by Gasteiger charge is -1.89. The molecule has 0 unspecified atom stereocenters. The van der Waals surface area contributed by atoms with Crippen LogP contribution in [0.4, 0.5) is 8.78 Å². The van der Waals surface area contributed by atoms with Gasteiger partial charge in [0.05, 0.1) is 6.20 Å². The van der Waals surface area contributed by atoms with Crippen molar-refractivity contribution in [1.29, 1.82) is 0 Å². The van der Waals surface area contributed by atoms with E-state index in [4.69, 9.17) is 0 Å². The van der Waals surface area contributed by atoms with Gasteiger partial charge in [0.2, 0.25) is 0 Å². The minimum Gasteiger partial charge on any atom is -0.251 e. The molecular weight excluding hydrogens is 124 g/mol. The standard InChI is InChI=1S/C6H5F2N/c1-4-2-5(3-9-4)6(7)8/h2,6H,1H3. The summed E-state index contributed by atoms with van der Waals surface area (Å²) in [7, 11) is 0. The van der Waals surface area contributed by atoms with Crippen molar-refractivity contribution >= 4 is 0 Å². The summed E-state index contributed by atoms with van der Waals surface area (Å²) in [6, 6.07) is 0. The molecule has 1 nitrogen and oxygen atoms in total. The van der Waals surface area contributed by atoms with Crippen molar-refractivity contribution in [3.63, 3.8) is 0 Å². The van der Waals surface area contributed by atoms with Crippen LogP contribution >= 0.6 is 0 Å². The first kappa shape index (κ1) is 6.26. The zero-order valence-electron chi connectivity index (χ0n) is 4.86. The molecule has 0 spiro atoms. The van der Waals surface area contributed by atoms with Gasteiger partial charge in [-0.05, 0) is 13.0 Å². The molecule has 1 heterocycles. The van der Waals surface area contributed by atoms with E-state index in [-0.39, 0.29) is 5.57 Å². The number of rotatable bonds is 1. The quantitative estimate of drug-likeness (QED) is 0.509. The smallest absolute Gasteiger partial charge is 0.251 e. The third-order valence-electron chi connectivity index (χ3n) is 0.961. The predicted octanol–water partition coefficient (Wildman–Crippen LogP) is 1.46. The molecule has 9 heavy (non-hydrogen) atoms. The fraction of sp³-hybridized carbons (Fsp3) is 0.333. The van der Waals surface area contributed by atoms with Crippen molar-refractivity contribution in [2.24, 2.45) is 0 Å². The second kappa shape index (κ2) is 2.17. The highest BCUT2D eigenvalue weighted by molar-refractivity contribution is 5.27. The molecule has 0 aliphatic carbocycles. The van der Waals surface area contributed by atoms with Crippen LogP contribution in [-0.4, -0.2) is 6.43 Å². The lowest BCUT2D eigenvalue weighted by atomic mass is 10.3. The molecule has 0 aromatic heterocycles. The van der Waals surface area contributed by atoms with E-state index in [1.54, 1.807) is 6.92 Å². The summed E-state index contributed by atoms with van der Waals surface area (Å²) in [6.45, 7) is 1.66.